The van der Waals surface area contributed by atoms with Crippen molar-refractivity contribution in [3.63, 3.8) is 0 Å². The van der Waals surface area contributed by atoms with Crippen LogP contribution < -0.4 is 16.6 Å². The molecule has 0 saturated heterocycles. The lowest BCUT2D eigenvalue weighted by Gasteiger charge is -2.22. The van der Waals surface area contributed by atoms with Crippen LogP contribution in [0, 0.1) is 0 Å². The molecule has 0 aliphatic carbocycles. The Kier molecular flexibility index (Phi) is 6.07. The van der Waals surface area contributed by atoms with Gasteiger partial charge in [-0.1, -0.05) is 12.1 Å². The van der Waals surface area contributed by atoms with Crippen LogP contribution >= 0.6 is 0 Å². The molecule has 1 aromatic heterocycles. The van der Waals surface area contributed by atoms with Gasteiger partial charge in [-0.05, 0) is 38.5 Å². The molecule has 28 heavy (non-hydrogen) atoms. The summed E-state index contributed by atoms with van der Waals surface area (Å²) in [4.78, 5) is 47.5. The summed E-state index contributed by atoms with van der Waals surface area (Å²) in [6.07, 6.45) is 0.571. The number of aryl methyl sites for hydroxylation is 1. The Bertz CT molecular complexity index is 982. The molecular formula is C19H23N3O6. The van der Waals surface area contributed by atoms with Crippen molar-refractivity contribution in [2.75, 3.05) is 0 Å². The van der Waals surface area contributed by atoms with Crippen molar-refractivity contribution in [2.24, 2.45) is 7.05 Å². The van der Waals surface area contributed by atoms with E-state index in [0.717, 1.165) is 4.57 Å². The molecule has 0 bridgehead atoms. The van der Waals surface area contributed by atoms with Crippen molar-refractivity contribution in [1.82, 2.24) is 14.5 Å². The van der Waals surface area contributed by atoms with E-state index in [0.29, 0.717) is 11.3 Å². The third-order valence-corrected chi connectivity index (χ3v) is 3.78. The van der Waals surface area contributed by atoms with Crippen LogP contribution in [0.1, 0.15) is 26.3 Å². The molecule has 0 radical (unpaired) electrons. The van der Waals surface area contributed by atoms with Gasteiger partial charge in [0.15, 0.2) is 0 Å². The number of rotatable bonds is 5. The molecule has 0 aliphatic heterocycles. The molecule has 2 N–H and O–H groups in total. The Morgan fingerprint density at radius 2 is 1.75 bits per heavy atom. The first-order chi connectivity index (χ1) is 13.0. The number of carboxylic acid groups (broad SMARTS) is 1. The third-order valence-electron chi connectivity index (χ3n) is 3.78. The monoisotopic (exact) mass is 389 g/mol. The van der Waals surface area contributed by atoms with E-state index in [9.17, 15) is 24.3 Å². The van der Waals surface area contributed by atoms with Crippen LogP contribution in [-0.4, -0.2) is 37.9 Å². The largest absolute Gasteiger partial charge is 0.480 e. The quantitative estimate of drug-likeness (QED) is 0.789. The van der Waals surface area contributed by atoms with Crippen molar-refractivity contribution < 1.29 is 19.4 Å². The Balaban J connectivity index is 2.19. The number of nitrogens with one attached hydrogen (secondary N) is 1. The molecule has 2 aromatic rings. The van der Waals surface area contributed by atoms with Crippen molar-refractivity contribution in [1.29, 1.82) is 0 Å². The molecule has 0 aliphatic rings. The summed E-state index contributed by atoms with van der Waals surface area (Å²) >= 11 is 0. The molecule has 1 aromatic carbocycles. The van der Waals surface area contributed by atoms with Crippen molar-refractivity contribution >= 4 is 12.1 Å². The molecule has 9 heteroatoms. The number of hydrogen-bond acceptors (Lipinski definition) is 5. The average Bonchev–Trinajstić information content (AvgIpc) is 2.57. The first kappa shape index (κ1) is 20.9. The maximum Gasteiger partial charge on any atom is 0.408 e. The van der Waals surface area contributed by atoms with Crippen LogP contribution in [0.4, 0.5) is 4.79 Å². The molecule has 0 fully saturated rings. The van der Waals surface area contributed by atoms with Gasteiger partial charge in [0.2, 0.25) is 0 Å². The van der Waals surface area contributed by atoms with Gasteiger partial charge in [-0.2, -0.15) is 0 Å². The van der Waals surface area contributed by atoms with E-state index < -0.39 is 35.0 Å². The summed E-state index contributed by atoms with van der Waals surface area (Å²) in [7, 11) is 1.53. The molecular weight excluding hydrogens is 366 g/mol. The number of nitrogens with zero attached hydrogens (tertiary/aromatic N) is 2. The van der Waals surface area contributed by atoms with Gasteiger partial charge in [0.1, 0.15) is 11.6 Å². The Morgan fingerprint density at radius 3 is 2.29 bits per heavy atom. The first-order valence-electron chi connectivity index (χ1n) is 8.58. The molecule has 1 unspecified atom stereocenters. The zero-order chi connectivity index (χ0) is 21.1. The predicted octanol–water partition coefficient (Wildman–Crippen LogP) is 1.06. The number of carbonyl (C=O) groups is 2. The fourth-order valence-electron chi connectivity index (χ4n) is 2.47. The fourth-order valence-corrected chi connectivity index (χ4v) is 2.47. The lowest BCUT2D eigenvalue weighted by atomic mass is 10.1. The summed E-state index contributed by atoms with van der Waals surface area (Å²) in [5, 5.41) is 11.7. The predicted molar refractivity (Wildman–Crippen MR) is 102 cm³/mol. The standard InChI is InChI=1S/C19H23N3O6/c1-19(2,3)28-17(26)20-14(16(24)25)11-12-5-7-13(8-6-12)22-15(23)9-10-21(4)18(22)27/h5-10,14H,11H2,1-4H3,(H,20,26)(H,24,25). The van der Waals surface area contributed by atoms with Crippen LogP contribution in [0.3, 0.4) is 0 Å². The maximum atomic E-state index is 12.2. The summed E-state index contributed by atoms with van der Waals surface area (Å²) in [5.41, 5.74) is -0.736. The topological polar surface area (TPSA) is 120 Å². The summed E-state index contributed by atoms with van der Waals surface area (Å²) < 4.78 is 7.37. The zero-order valence-corrected chi connectivity index (χ0v) is 16.1. The number of aliphatic carboxylic acids is 1. The Labute approximate surface area is 161 Å². The zero-order valence-electron chi connectivity index (χ0n) is 16.1. The van der Waals surface area contributed by atoms with E-state index in [1.807, 2.05) is 0 Å². The molecule has 1 atom stereocenters. The van der Waals surface area contributed by atoms with Crippen LogP contribution in [0.25, 0.3) is 5.69 Å². The van der Waals surface area contributed by atoms with Gasteiger partial charge in [-0.25, -0.2) is 19.0 Å². The van der Waals surface area contributed by atoms with Gasteiger partial charge >= 0.3 is 17.8 Å². The number of benzene rings is 1. The van der Waals surface area contributed by atoms with E-state index in [-0.39, 0.29) is 6.42 Å². The lowest BCUT2D eigenvalue weighted by molar-refractivity contribution is -0.139. The molecule has 0 saturated carbocycles. The van der Waals surface area contributed by atoms with Gasteiger partial charge in [0, 0.05) is 25.7 Å². The normalized spacial score (nSPS) is 12.3. The number of ether oxygens (including phenoxy) is 1. The second-order valence-corrected chi connectivity index (χ2v) is 7.29. The molecule has 1 heterocycles. The molecule has 1 amide bonds. The number of aromatic nitrogens is 2. The van der Waals surface area contributed by atoms with Gasteiger partial charge in [-0.3, -0.25) is 4.79 Å². The summed E-state index contributed by atoms with van der Waals surface area (Å²) in [5.74, 6) is -1.21. The van der Waals surface area contributed by atoms with E-state index in [1.165, 1.54) is 23.9 Å². The van der Waals surface area contributed by atoms with Crippen LogP contribution in [0.15, 0.2) is 46.1 Å². The Hall–Kier alpha value is -3.36. The van der Waals surface area contributed by atoms with Crippen molar-refractivity contribution in [3.8, 4) is 5.69 Å². The van der Waals surface area contributed by atoms with Gasteiger partial charge < -0.3 is 19.7 Å². The van der Waals surface area contributed by atoms with E-state index in [4.69, 9.17) is 4.74 Å². The smallest absolute Gasteiger partial charge is 0.408 e. The van der Waals surface area contributed by atoms with E-state index in [2.05, 4.69) is 5.32 Å². The minimum absolute atomic E-state index is 0.0105. The highest BCUT2D eigenvalue weighted by atomic mass is 16.6. The molecule has 9 nitrogen and oxygen atoms in total. The van der Waals surface area contributed by atoms with Crippen LogP contribution in [-0.2, 0) is 23.0 Å². The van der Waals surface area contributed by atoms with Gasteiger partial charge in [0.25, 0.3) is 5.56 Å². The second-order valence-electron chi connectivity index (χ2n) is 7.29. The Morgan fingerprint density at radius 1 is 1.14 bits per heavy atom. The summed E-state index contributed by atoms with van der Waals surface area (Å²) in [6.45, 7) is 5.03. The maximum absolute atomic E-state index is 12.2. The van der Waals surface area contributed by atoms with Crippen LogP contribution in [0.2, 0.25) is 0 Å². The highest BCUT2D eigenvalue weighted by Gasteiger charge is 2.24. The average molecular weight is 389 g/mol. The second kappa shape index (κ2) is 8.12. The number of carbonyl (C=O) groups excluding carboxylic acids is 1. The van der Waals surface area contributed by atoms with E-state index in [1.54, 1.807) is 45.0 Å². The molecule has 0 spiro atoms. The number of alkyl carbamates (subject to hydrolysis) is 1. The number of carboxylic acids is 1. The first-order valence-corrected chi connectivity index (χ1v) is 8.58. The van der Waals surface area contributed by atoms with Gasteiger partial charge in [0.05, 0.1) is 5.69 Å². The minimum Gasteiger partial charge on any atom is -0.480 e. The highest BCUT2D eigenvalue weighted by Crippen LogP contribution is 2.11. The lowest BCUT2D eigenvalue weighted by Crippen LogP contribution is -2.44. The van der Waals surface area contributed by atoms with Gasteiger partial charge in [-0.15, -0.1) is 0 Å². The SMILES string of the molecule is Cn1ccc(=O)n(-c2ccc(CC(NC(=O)OC(C)(C)C)C(=O)O)cc2)c1=O. The minimum atomic E-state index is -1.21. The molecule has 150 valence electrons. The van der Waals surface area contributed by atoms with E-state index >= 15 is 0 Å². The highest BCUT2D eigenvalue weighted by molar-refractivity contribution is 5.80. The van der Waals surface area contributed by atoms with Crippen LogP contribution in [0.5, 0.6) is 0 Å². The molecule has 2 rings (SSSR count). The van der Waals surface area contributed by atoms with Crippen molar-refractivity contribution in [2.45, 2.75) is 38.8 Å². The number of hydrogen-bond donors (Lipinski definition) is 2. The fraction of sp³-hybridized carbons (Fsp3) is 0.368. The van der Waals surface area contributed by atoms with Crippen molar-refractivity contribution in [3.05, 3.63) is 62.9 Å². The summed E-state index contributed by atoms with van der Waals surface area (Å²) in [6, 6.07) is 6.38. The number of amides is 1. The third kappa shape index (κ3) is 5.32.